The summed E-state index contributed by atoms with van der Waals surface area (Å²) in [5.41, 5.74) is 3.39. The number of ether oxygens (including phenoxy) is 2. The summed E-state index contributed by atoms with van der Waals surface area (Å²) in [5, 5.41) is 0. The van der Waals surface area contributed by atoms with Crippen molar-refractivity contribution >= 4 is 5.97 Å². The van der Waals surface area contributed by atoms with Gasteiger partial charge in [-0.3, -0.25) is 0 Å². The van der Waals surface area contributed by atoms with E-state index < -0.39 is 0 Å². The Bertz CT molecular complexity index is 475. The minimum atomic E-state index is -0.312. The summed E-state index contributed by atoms with van der Waals surface area (Å²) in [6.45, 7) is 2.11. The molecule has 18 heavy (non-hydrogen) atoms. The predicted molar refractivity (Wildman–Crippen MR) is 69.7 cm³/mol. The zero-order chi connectivity index (χ0) is 13.0. The first-order chi connectivity index (χ1) is 8.70. The summed E-state index contributed by atoms with van der Waals surface area (Å²) in [6.07, 6.45) is 5.29. The van der Waals surface area contributed by atoms with Gasteiger partial charge in [-0.05, 0) is 55.5 Å². The van der Waals surface area contributed by atoms with Crippen molar-refractivity contribution < 1.29 is 14.3 Å². The maximum absolute atomic E-state index is 11.2. The second kappa shape index (κ2) is 5.71. The van der Waals surface area contributed by atoms with E-state index in [1.807, 2.05) is 6.07 Å². The van der Waals surface area contributed by atoms with Gasteiger partial charge >= 0.3 is 5.97 Å². The van der Waals surface area contributed by atoms with Crippen LogP contribution in [-0.4, -0.2) is 19.7 Å². The molecule has 1 aliphatic rings. The first-order valence-corrected chi connectivity index (χ1v) is 6.20. The Kier molecular flexibility index (Phi) is 4.03. The number of esters is 1. The number of hydrogen-bond donors (Lipinski definition) is 0. The van der Waals surface area contributed by atoms with Gasteiger partial charge in [-0.25, -0.2) is 4.79 Å². The fourth-order valence-electron chi connectivity index (χ4n) is 2.15. The molecule has 0 aliphatic heterocycles. The Hall–Kier alpha value is -1.77. The Balaban J connectivity index is 1.93. The summed E-state index contributed by atoms with van der Waals surface area (Å²) >= 11 is 0. The average Bonchev–Trinajstić information content (AvgIpc) is 2.85. The molecule has 3 nitrogen and oxygen atoms in total. The van der Waals surface area contributed by atoms with Crippen LogP contribution in [0.2, 0.25) is 0 Å². The molecule has 0 aromatic heterocycles. The summed E-state index contributed by atoms with van der Waals surface area (Å²) in [7, 11) is 1.38. The smallest absolute Gasteiger partial charge is 0.333 e. The fraction of sp³-hybridized carbons (Fsp3) is 0.400. The molecule has 0 saturated carbocycles. The van der Waals surface area contributed by atoms with Crippen molar-refractivity contribution in [3.63, 3.8) is 0 Å². The number of methoxy groups -OCH3 is 1. The summed E-state index contributed by atoms with van der Waals surface area (Å²) in [4.78, 5) is 11.2. The maximum Gasteiger partial charge on any atom is 0.333 e. The van der Waals surface area contributed by atoms with Gasteiger partial charge in [0, 0.05) is 5.57 Å². The number of rotatable bonds is 4. The third kappa shape index (κ3) is 2.92. The van der Waals surface area contributed by atoms with E-state index in [4.69, 9.17) is 4.74 Å². The van der Waals surface area contributed by atoms with E-state index in [1.165, 1.54) is 31.1 Å². The molecule has 0 radical (unpaired) electrons. The lowest BCUT2D eigenvalue weighted by Crippen LogP contribution is -2.04. The quantitative estimate of drug-likeness (QED) is 0.605. The van der Waals surface area contributed by atoms with Gasteiger partial charge in [0.1, 0.15) is 12.4 Å². The lowest BCUT2D eigenvalue weighted by molar-refractivity contribution is -0.136. The van der Waals surface area contributed by atoms with Gasteiger partial charge in [-0.15, -0.1) is 0 Å². The molecule has 0 spiro atoms. The van der Waals surface area contributed by atoms with Crippen molar-refractivity contribution in [1.82, 2.24) is 0 Å². The summed E-state index contributed by atoms with van der Waals surface area (Å²) in [6, 6.07) is 6.23. The minimum absolute atomic E-state index is 0.312. The van der Waals surface area contributed by atoms with Gasteiger partial charge in [-0.2, -0.15) is 0 Å². The molecule has 2 rings (SSSR count). The Morgan fingerprint density at radius 3 is 2.89 bits per heavy atom. The normalized spacial score (nSPS) is 14.2. The molecule has 3 heteroatoms. The van der Waals surface area contributed by atoms with E-state index in [9.17, 15) is 4.79 Å². The lowest BCUT2D eigenvalue weighted by atomic mass is 10.1. The van der Waals surface area contributed by atoms with Crippen LogP contribution in [0.4, 0.5) is 0 Å². The van der Waals surface area contributed by atoms with Gasteiger partial charge in [-0.1, -0.05) is 6.07 Å². The van der Waals surface area contributed by atoms with Crippen LogP contribution in [0.5, 0.6) is 5.75 Å². The minimum Gasteiger partial charge on any atom is -0.490 e. The molecule has 1 aromatic carbocycles. The molecular formula is C15H18O3. The van der Waals surface area contributed by atoms with Crippen molar-refractivity contribution in [3.8, 4) is 5.75 Å². The van der Waals surface area contributed by atoms with Gasteiger partial charge in [0.15, 0.2) is 0 Å². The van der Waals surface area contributed by atoms with Crippen LogP contribution in [0.15, 0.2) is 29.8 Å². The number of benzene rings is 1. The van der Waals surface area contributed by atoms with Crippen LogP contribution in [0.3, 0.4) is 0 Å². The largest absolute Gasteiger partial charge is 0.490 e. The Labute approximate surface area is 107 Å². The van der Waals surface area contributed by atoms with E-state index in [1.54, 1.807) is 13.0 Å². The van der Waals surface area contributed by atoms with Gasteiger partial charge in [0.2, 0.25) is 0 Å². The molecule has 0 unspecified atom stereocenters. The van der Waals surface area contributed by atoms with Crippen molar-refractivity contribution in [2.45, 2.75) is 26.2 Å². The van der Waals surface area contributed by atoms with E-state index >= 15 is 0 Å². The van der Waals surface area contributed by atoms with E-state index in [-0.39, 0.29) is 5.97 Å². The molecule has 0 amide bonds. The van der Waals surface area contributed by atoms with E-state index in [0.717, 1.165) is 12.2 Å². The molecule has 0 bridgehead atoms. The molecule has 1 aromatic rings. The molecule has 1 aliphatic carbocycles. The van der Waals surface area contributed by atoms with Crippen LogP contribution in [0, 0.1) is 0 Å². The first kappa shape index (κ1) is 12.7. The lowest BCUT2D eigenvalue weighted by Gasteiger charge is -2.06. The Morgan fingerprint density at radius 1 is 1.33 bits per heavy atom. The number of hydrogen-bond acceptors (Lipinski definition) is 3. The van der Waals surface area contributed by atoms with E-state index in [0.29, 0.717) is 12.2 Å². The molecule has 0 atom stereocenters. The zero-order valence-electron chi connectivity index (χ0n) is 10.9. The highest BCUT2D eigenvalue weighted by Crippen LogP contribution is 2.25. The molecule has 0 fully saturated rings. The second-order valence-corrected chi connectivity index (χ2v) is 4.47. The van der Waals surface area contributed by atoms with Crippen LogP contribution >= 0.6 is 0 Å². The number of aryl methyl sites for hydroxylation is 2. The van der Waals surface area contributed by atoms with Crippen LogP contribution in [-0.2, 0) is 22.4 Å². The second-order valence-electron chi connectivity index (χ2n) is 4.47. The molecule has 0 heterocycles. The standard InChI is InChI=1S/C15H18O3/c1-11(15(16)17-2)8-9-18-14-7-6-12-4-3-5-13(12)10-14/h6-8,10H,3-5,9H2,1-2H3. The topological polar surface area (TPSA) is 35.5 Å². The highest BCUT2D eigenvalue weighted by molar-refractivity contribution is 5.87. The SMILES string of the molecule is COC(=O)C(C)=CCOc1ccc2c(c1)CCC2. The van der Waals surface area contributed by atoms with Crippen LogP contribution in [0.25, 0.3) is 0 Å². The first-order valence-electron chi connectivity index (χ1n) is 6.20. The number of fused-ring (bicyclic) bond motifs is 1. The van der Waals surface area contributed by atoms with Crippen LogP contribution in [0.1, 0.15) is 24.5 Å². The van der Waals surface area contributed by atoms with Crippen molar-refractivity contribution in [1.29, 1.82) is 0 Å². The summed E-state index contributed by atoms with van der Waals surface area (Å²) < 4.78 is 10.2. The Morgan fingerprint density at radius 2 is 2.11 bits per heavy atom. The number of carbonyl (C=O) groups is 1. The molecule has 0 saturated heterocycles. The monoisotopic (exact) mass is 246 g/mol. The molecule has 0 N–H and O–H groups in total. The highest BCUT2D eigenvalue weighted by atomic mass is 16.5. The van der Waals surface area contributed by atoms with Gasteiger partial charge in [0.05, 0.1) is 7.11 Å². The zero-order valence-corrected chi connectivity index (χ0v) is 10.9. The van der Waals surface area contributed by atoms with Crippen molar-refractivity contribution in [2.24, 2.45) is 0 Å². The summed E-state index contributed by atoms with van der Waals surface area (Å²) in [5.74, 6) is 0.553. The molecule has 96 valence electrons. The van der Waals surface area contributed by atoms with Gasteiger partial charge in [0.25, 0.3) is 0 Å². The van der Waals surface area contributed by atoms with Crippen molar-refractivity contribution in [2.75, 3.05) is 13.7 Å². The third-order valence-electron chi connectivity index (χ3n) is 3.22. The van der Waals surface area contributed by atoms with Gasteiger partial charge < -0.3 is 9.47 Å². The predicted octanol–water partition coefficient (Wildman–Crippen LogP) is 2.67. The number of carbonyl (C=O) groups excluding carboxylic acids is 1. The fourth-order valence-corrected chi connectivity index (χ4v) is 2.15. The average molecular weight is 246 g/mol. The van der Waals surface area contributed by atoms with Crippen LogP contribution < -0.4 is 4.74 Å². The van der Waals surface area contributed by atoms with Crippen molar-refractivity contribution in [3.05, 3.63) is 41.0 Å². The highest BCUT2D eigenvalue weighted by Gasteiger charge is 2.11. The van der Waals surface area contributed by atoms with E-state index in [2.05, 4.69) is 16.9 Å². The third-order valence-corrected chi connectivity index (χ3v) is 3.22. The molecular weight excluding hydrogens is 228 g/mol. The maximum atomic E-state index is 11.2.